The number of morpholine rings is 1. The van der Waals surface area contributed by atoms with Crippen molar-refractivity contribution in [1.29, 1.82) is 0 Å². The zero-order chi connectivity index (χ0) is 23.4. The zero-order valence-electron chi connectivity index (χ0n) is 18.6. The Morgan fingerprint density at radius 2 is 1.58 bits per heavy atom. The van der Waals surface area contributed by atoms with Gasteiger partial charge in [-0.1, -0.05) is 12.1 Å². The predicted molar refractivity (Wildman–Crippen MR) is 119 cm³/mol. The summed E-state index contributed by atoms with van der Waals surface area (Å²) in [6.07, 6.45) is 0.0236. The van der Waals surface area contributed by atoms with Crippen LogP contribution in [0.4, 0.5) is 0 Å². The lowest BCUT2D eigenvalue weighted by molar-refractivity contribution is -0.120. The lowest BCUT2D eigenvalue weighted by Crippen LogP contribution is -2.48. The van der Waals surface area contributed by atoms with Crippen LogP contribution < -0.4 is 20.1 Å². The fraction of sp³-hybridized carbons (Fsp3) is 0.375. The minimum absolute atomic E-state index is 0.0118. The summed E-state index contributed by atoms with van der Waals surface area (Å²) in [5.74, 6) is 0.371. The molecule has 2 aromatic rings. The van der Waals surface area contributed by atoms with Gasteiger partial charge in [0.25, 0.3) is 11.8 Å². The highest BCUT2D eigenvalue weighted by atomic mass is 16.7. The number of nitrogens with zero attached hydrogens (tertiary/aromatic N) is 1. The Bertz CT molecular complexity index is 1030. The Labute approximate surface area is 192 Å². The molecule has 0 saturated carbocycles. The Balaban J connectivity index is 1.23. The summed E-state index contributed by atoms with van der Waals surface area (Å²) in [5, 5.41) is 5.35. The molecule has 0 aliphatic carbocycles. The molecule has 0 aromatic heterocycles. The molecule has 33 heavy (non-hydrogen) atoms. The molecule has 4 rings (SSSR count). The second-order valence-electron chi connectivity index (χ2n) is 8.19. The second-order valence-corrected chi connectivity index (χ2v) is 8.19. The van der Waals surface area contributed by atoms with E-state index < -0.39 is 0 Å². The average molecular weight is 453 g/mol. The molecule has 2 N–H and O–H groups in total. The minimum atomic E-state index is -0.377. The van der Waals surface area contributed by atoms with E-state index in [0.717, 1.165) is 5.56 Å². The molecule has 0 spiro atoms. The Morgan fingerprint density at radius 1 is 0.909 bits per heavy atom. The highest BCUT2D eigenvalue weighted by molar-refractivity contribution is 5.97. The Kier molecular flexibility index (Phi) is 6.79. The van der Waals surface area contributed by atoms with Crippen LogP contribution in [0.3, 0.4) is 0 Å². The molecule has 3 amide bonds. The van der Waals surface area contributed by atoms with Gasteiger partial charge in [-0.25, -0.2) is 0 Å². The van der Waals surface area contributed by atoms with Gasteiger partial charge in [0.1, 0.15) is 0 Å². The van der Waals surface area contributed by atoms with Gasteiger partial charge >= 0.3 is 0 Å². The quantitative estimate of drug-likeness (QED) is 0.690. The van der Waals surface area contributed by atoms with E-state index in [1.165, 1.54) is 0 Å². The number of ether oxygens (including phenoxy) is 3. The van der Waals surface area contributed by atoms with E-state index in [4.69, 9.17) is 14.2 Å². The third-order valence-electron chi connectivity index (χ3n) is 5.44. The van der Waals surface area contributed by atoms with Crippen LogP contribution in [-0.4, -0.2) is 61.3 Å². The number of hydrogen-bond donors (Lipinski definition) is 2. The van der Waals surface area contributed by atoms with E-state index in [9.17, 15) is 14.4 Å². The van der Waals surface area contributed by atoms with E-state index in [2.05, 4.69) is 10.6 Å². The van der Waals surface area contributed by atoms with Gasteiger partial charge in [-0.05, 0) is 49.7 Å². The zero-order valence-corrected chi connectivity index (χ0v) is 18.6. The molecule has 2 aliphatic heterocycles. The van der Waals surface area contributed by atoms with Crippen LogP contribution in [0, 0.1) is 0 Å². The van der Waals surface area contributed by atoms with Gasteiger partial charge in [0.2, 0.25) is 12.7 Å². The van der Waals surface area contributed by atoms with E-state index in [1.807, 2.05) is 26.0 Å². The molecule has 2 heterocycles. The van der Waals surface area contributed by atoms with Crippen LogP contribution in [0.2, 0.25) is 0 Å². The fourth-order valence-electron chi connectivity index (χ4n) is 3.86. The first-order chi connectivity index (χ1) is 15.9. The van der Waals surface area contributed by atoms with Crippen LogP contribution in [0.25, 0.3) is 0 Å². The average Bonchev–Trinajstić information content (AvgIpc) is 3.28. The first-order valence-electron chi connectivity index (χ1n) is 10.9. The number of carbonyl (C=O) groups is 3. The summed E-state index contributed by atoms with van der Waals surface area (Å²) in [6.45, 7) is 5.32. The second kappa shape index (κ2) is 9.91. The predicted octanol–water partition coefficient (Wildman–Crippen LogP) is 1.71. The summed E-state index contributed by atoms with van der Waals surface area (Å²) in [7, 11) is 0. The van der Waals surface area contributed by atoms with E-state index in [1.54, 1.807) is 35.2 Å². The summed E-state index contributed by atoms with van der Waals surface area (Å²) in [6, 6.07) is 12.0. The normalized spacial score (nSPS) is 19.2. The molecular formula is C24H27N3O6. The lowest BCUT2D eigenvalue weighted by Gasteiger charge is -2.35. The van der Waals surface area contributed by atoms with Crippen LogP contribution in [-0.2, 0) is 16.1 Å². The minimum Gasteiger partial charge on any atom is -0.454 e. The lowest BCUT2D eigenvalue weighted by atomic mass is 10.1. The van der Waals surface area contributed by atoms with Crippen LogP contribution in [0.5, 0.6) is 11.5 Å². The number of rotatable bonds is 6. The molecule has 9 nitrogen and oxygen atoms in total. The fourth-order valence-corrected chi connectivity index (χ4v) is 3.86. The Morgan fingerprint density at radius 3 is 2.30 bits per heavy atom. The van der Waals surface area contributed by atoms with Gasteiger partial charge in [0.15, 0.2) is 11.5 Å². The van der Waals surface area contributed by atoms with Crippen molar-refractivity contribution < 1.29 is 28.6 Å². The van der Waals surface area contributed by atoms with Crippen molar-refractivity contribution in [2.75, 3.05) is 26.4 Å². The summed E-state index contributed by atoms with van der Waals surface area (Å²) >= 11 is 0. The number of nitrogens with one attached hydrogen (secondary N) is 2. The third kappa shape index (κ3) is 5.61. The van der Waals surface area contributed by atoms with Crippen molar-refractivity contribution in [2.24, 2.45) is 0 Å². The molecule has 9 heteroatoms. The number of amides is 3. The Hall–Kier alpha value is -3.59. The summed E-state index contributed by atoms with van der Waals surface area (Å²) < 4.78 is 16.2. The van der Waals surface area contributed by atoms with Gasteiger partial charge in [0.05, 0.1) is 18.8 Å². The molecule has 2 aromatic carbocycles. The van der Waals surface area contributed by atoms with Crippen LogP contribution >= 0.6 is 0 Å². The van der Waals surface area contributed by atoms with Crippen LogP contribution in [0.1, 0.15) is 40.1 Å². The highest BCUT2D eigenvalue weighted by Crippen LogP contribution is 2.32. The van der Waals surface area contributed by atoms with Gasteiger partial charge in [-0.2, -0.15) is 0 Å². The molecule has 2 atom stereocenters. The maximum absolute atomic E-state index is 12.7. The monoisotopic (exact) mass is 453 g/mol. The highest BCUT2D eigenvalue weighted by Gasteiger charge is 2.26. The number of benzene rings is 2. The number of carbonyl (C=O) groups excluding carboxylic acids is 3. The molecular weight excluding hydrogens is 426 g/mol. The third-order valence-corrected chi connectivity index (χ3v) is 5.44. The molecule has 2 aliphatic rings. The first-order valence-corrected chi connectivity index (χ1v) is 10.9. The molecule has 0 bridgehead atoms. The summed E-state index contributed by atoms with van der Waals surface area (Å²) in [5.41, 5.74) is 1.84. The first kappa shape index (κ1) is 22.6. The molecule has 0 radical (unpaired) electrons. The standard InChI is InChI=1S/C24H27N3O6/c1-15-12-27(13-16(2)33-15)24(30)18-5-3-17(4-6-18)10-25-22(28)11-26-23(29)19-7-8-20-21(9-19)32-14-31-20/h3-9,15-16H,10-14H2,1-2H3,(H,25,28)(H,26,29). The van der Waals surface area contributed by atoms with Gasteiger partial charge in [-0.3, -0.25) is 14.4 Å². The summed E-state index contributed by atoms with van der Waals surface area (Å²) in [4.78, 5) is 38.9. The van der Waals surface area contributed by atoms with E-state index >= 15 is 0 Å². The van der Waals surface area contributed by atoms with Gasteiger partial charge < -0.3 is 29.7 Å². The molecule has 1 saturated heterocycles. The maximum Gasteiger partial charge on any atom is 0.254 e. The number of fused-ring (bicyclic) bond motifs is 1. The van der Waals surface area contributed by atoms with Crippen LogP contribution in [0.15, 0.2) is 42.5 Å². The van der Waals surface area contributed by atoms with Crippen molar-refractivity contribution in [3.8, 4) is 11.5 Å². The van der Waals surface area contributed by atoms with Crippen molar-refractivity contribution in [1.82, 2.24) is 15.5 Å². The van der Waals surface area contributed by atoms with Gasteiger partial charge in [0, 0.05) is 30.8 Å². The largest absolute Gasteiger partial charge is 0.454 e. The van der Waals surface area contributed by atoms with Crippen molar-refractivity contribution in [3.63, 3.8) is 0 Å². The SMILES string of the molecule is CC1CN(C(=O)c2ccc(CNC(=O)CNC(=O)c3ccc4c(c3)OCO4)cc2)CC(C)O1. The molecule has 2 unspecified atom stereocenters. The van der Waals surface area contributed by atoms with E-state index in [0.29, 0.717) is 42.3 Å². The van der Waals surface area contributed by atoms with Crippen molar-refractivity contribution in [2.45, 2.75) is 32.6 Å². The molecule has 174 valence electrons. The topological polar surface area (TPSA) is 106 Å². The van der Waals surface area contributed by atoms with E-state index in [-0.39, 0.29) is 43.3 Å². The molecule has 1 fully saturated rings. The smallest absolute Gasteiger partial charge is 0.254 e. The maximum atomic E-state index is 12.7. The van der Waals surface area contributed by atoms with Crippen molar-refractivity contribution >= 4 is 17.7 Å². The van der Waals surface area contributed by atoms with Gasteiger partial charge in [-0.15, -0.1) is 0 Å². The number of hydrogen-bond acceptors (Lipinski definition) is 6. The van der Waals surface area contributed by atoms with Crippen molar-refractivity contribution in [3.05, 3.63) is 59.2 Å².